The summed E-state index contributed by atoms with van der Waals surface area (Å²) in [6, 6.07) is 7.12. The molecule has 1 rings (SSSR count). The normalized spacial score (nSPS) is 8.42. The molecule has 0 unspecified atom stereocenters. The van der Waals surface area contributed by atoms with Crippen LogP contribution in [0.1, 0.15) is 15.9 Å². The third-order valence-corrected chi connectivity index (χ3v) is 1.56. The zero-order chi connectivity index (χ0) is 8.97. The fourth-order valence-electron chi connectivity index (χ4n) is 0.946. The lowest BCUT2D eigenvalue weighted by Crippen LogP contribution is -1.97. The van der Waals surface area contributed by atoms with Crippen molar-refractivity contribution in [1.29, 1.82) is 0 Å². The lowest BCUT2D eigenvalue weighted by molar-refractivity contribution is 0.105. The number of aryl methyl sites for hydroxylation is 1. The Morgan fingerprint density at radius 3 is 2.67 bits per heavy atom. The summed E-state index contributed by atoms with van der Waals surface area (Å²) in [5.74, 6) is 1.72. The number of aliphatic hydroxyl groups excluding tert-OH is 1. The maximum Gasteiger partial charge on any atom is 0.239 e. The Labute approximate surface area is 70.8 Å². The van der Waals surface area contributed by atoms with Crippen LogP contribution in [-0.2, 0) is 0 Å². The molecule has 0 aliphatic heterocycles. The van der Waals surface area contributed by atoms with Crippen molar-refractivity contribution < 1.29 is 9.90 Å². The summed E-state index contributed by atoms with van der Waals surface area (Å²) in [7, 11) is 0. The third kappa shape index (κ3) is 1.64. The second-order valence-electron chi connectivity index (χ2n) is 2.38. The summed E-state index contributed by atoms with van der Waals surface area (Å²) in [5.41, 5.74) is 1.41. The first-order chi connectivity index (χ1) is 5.75. The molecule has 0 radical (unpaired) electrons. The minimum atomic E-state index is -0.351. The van der Waals surface area contributed by atoms with Gasteiger partial charge in [-0.2, -0.15) is 0 Å². The molecule has 12 heavy (non-hydrogen) atoms. The number of carbonyl (C=O) groups is 1. The SMILES string of the molecule is Cc1ccccc1C(=O)C#CO. The van der Waals surface area contributed by atoms with E-state index in [1.807, 2.05) is 19.1 Å². The Kier molecular flexibility index (Phi) is 2.49. The van der Waals surface area contributed by atoms with Crippen LogP contribution in [-0.4, -0.2) is 10.9 Å². The van der Waals surface area contributed by atoms with Crippen molar-refractivity contribution in [2.24, 2.45) is 0 Å². The van der Waals surface area contributed by atoms with Gasteiger partial charge < -0.3 is 5.11 Å². The van der Waals surface area contributed by atoms with Gasteiger partial charge in [0, 0.05) is 11.5 Å². The number of ketones is 1. The van der Waals surface area contributed by atoms with E-state index in [0.29, 0.717) is 5.56 Å². The summed E-state index contributed by atoms with van der Waals surface area (Å²) in [6.45, 7) is 1.83. The topological polar surface area (TPSA) is 37.3 Å². The summed E-state index contributed by atoms with van der Waals surface area (Å²) in [4.78, 5) is 11.1. The predicted octanol–water partition coefficient (Wildman–Crippen LogP) is 1.51. The van der Waals surface area contributed by atoms with Gasteiger partial charge >= 0.3 is 0 Å². The van der Waals surface area contributed by atoms with Crippen molar-refractivity contribution in [3.63, 3.8) is 0 Å². The zero-order valence-electron chi connectivity index (χ0n) is 6.66. The largest absolute Gasteiger partial charge is 0.462 e. The van der Waals surface area contributed by atoms with Crippen molar-refractivity contribution in [1.82, 2.24) is 0 Å². The van der Waals surface area contributed by atoms with Crippen molar-refractivity contribution in [2.45, 2.75) is 6.92 Å². The van der Waals surface area contributed by atoms with E-state index in [0.717, 1.165) is 5.56 Å². The van der Waals surface area contributed by atoms with Gasteiger partial charge in [0.25, 0.3) is 0 Å². The fraction of sp³-hybridized carbons (Fsp3) is 0.100. The highest BCUT2D eigenvalue weighted by molar-refractivity contribution is 6.09. The molecule has 1 aromatic rings. The van der Waals surface area contributed by atoms with Crippen LogP contribution in [0.5, 0.6) is 0 Å². The minimum Gasteiger partial charge on any atom is -0.462 e. The Hall–Kier alpha value is -1.75. The van der Waals surface area contributed by atoms with Crippen molar-refractivity contribution in [3.05, 3.63) is 35.4 Å². The number of aliphatic hydroxyl groups is 1. The molecule has 0 heterocycles. The van der Waals surface area contributed by atoms with Crippen molar-refractivity contribution in [3.8, 4) is 12.0 Å². The smallest absolute Gasteiger partial charge is 0.239 e. The Balaban J connectivity index is 3.08. The molecular weight excluding hydrogens is 152 g/mol. The van der Waals surface area contributed by atoms with E-state index in [4.69, 9.17) is 5.11 Å². The minimum absolute atomic E-state index is 0.351. The van der Waals surface area contributed by atoms with Gasteiger partial charge in [0.05, 0.1) is 0 Å². The first-order valence-corrected chi connectivity index (χ1v) is 3.51. The van der Waals surface area contributed by atoms with Crippen LogP contribution in [0.2, 0.25) is 0 Å². The van der Waals surface area contributed by atoms with Gasteiger partial charge in [-0.05, 0) is 12.5 Å². The molecule has 0 amide bonds. The predicted molar refractivity (Wildman–Crippen MR) is 45.2 cm³/mol. The number of hydrogen-bond donors (Lipinski definition) is 1. The molecule has 0 saturated heterocycles. The maximum atomic E-state index is 11.1. The van der Waals surface area contributed by atoms with E-state index in [2.05, 4.69) is 5.92 Å². The second kappa shape index (κ2) is 3.59. The third-order valence-electron chi connectivity index (χ3n) is 1.56. The van der Waals surface area contributed by atoms with Gasteiger partial charge in [0.2, 0.25) is 5.78 Å². The van der Waals surface area contributed by atoms with Gasteiger partial charge in [0.1, 0.15) is 6.11 Å². The monoisotopic (exact) mass is 160 g/mol. The number of carbonyl (C=O) groups excluding carboxylic acids is 1. The number of hydrogen-bond acceptors (Lipinski definition) is 2. The van der Waals surface area contributed by atoms with E-state index in [-0.39, 0.29) is 5.78 Å². The van der Waals surface area contributed by atoms with Crippen LogP contribution >= 0.6 is 0 Å². The molecule has 0 saturated carbocycles. The molecule has 0 atom stereocenters. The molecule has 0 aliphatic rings. The molecule has 2 nitrogen and oxygen atoms in total. The van der Waals surface area contributed by atoms with E-state index >= 15 is 0 Å². The van der Waals surface area contributed by atoms with Crippen molar-refractivity contribution in [2.75, 3.05) is 0 Å². The van der Waals surface area contributed by atoms with Crippen LogP contribution < -0.4 is 0 Å². The molecule has 1 N–H and O–H groups in total. The summed E-state index contributed by atoms with van der Waals surface area (Å²) in [6.07, 6.45) is 1.59. The van der Waals surface area contributed by atoms with Gasteiger partial charge in [-0.15, -0.1) is 0 Å². The molecular formula is C10H8O2. The highest BCUT2D eigenvalue weighted by atomic mass is 16.2. The maximum absolute atomic E-state index is 11.1. The van der Waals surface area contributed by atoms with E-state index in [9.17, 15) is 4.79 Å². The zero-order valence-corrected chi connectivity index (χ0v) is 6.66. The first kappa shape index (κ1) is 8.35. The van der Waals surface area contributed by atoms with Crippen LogP contribution in [0.15, 0.2) is 24.3 Å². The molecule has 0 spiro atoms. The Morgan fingerprint density at radius 2 is 2.08 bits per heavy atom. The van der Waals surface area contributed by atoms with E-state index in [1.54, 1.807) is 18.2 Å². The number of benzene rings is 1. The van der Waals surface area contributed by atoms with E-state index in [1.165, 1.54) is 0 Å². The average molecular weight is 160 g/mol. The molecule has 1 aromatic carbocycles. The highest BCUT2D eigenvalue weighted by Crippen LogP contribution is 2.06. The second-order valence-corrected chi connectivity index (χ2v) is 2.38. The lowest BCUT2D eigenvalue weighted by Gasteiger charge is -1.97. The number of Topliss-reactive ketones (excluding diaryl/α,β-unsaturated/α-hetero) is 1. The fourth-order valence-corrected chi connectivity index (χ4v) is 0.946. The van der Waals surface area contributed by atoms with Crippen LogP contribution in [0.4, 0.5) is 0 Å². The van der Waals surface area contributed by atoms with Gasteiger partial charge in [0.15, 0.2) is 0 Å². The van der Waals surface area contributed by atoms with Crippen LogP contribution in [0, 0.1) is 19.0 Å². The molecule has 2 heteroatoms. The highest BCUT2D eigenvalue weighted by Gasteiger charge is 2.03. The summed E-state index contributed by atoms with van der Waals surface area (Å²) < 4.78 is 0. The van der Waals surface area contributed by atoms with Gasteiger partial charge in [-0.25, -0.2) is 0 Å². The molecule has 60 valence electrons. The Morgan fingerprint density at radius 1 is 1.42 bits per heavy atom. The quantitative estimate of drug-likeness (QED) is 0.499. The molecule has 0 bridgehead atoms. The van der Waals surface area contributed by atoms with E-state index < -0.39 is 0 Å². The molecule has 0 aromatic heterocycles. The Bertz CT molecular complexity index is 356. The van der Waals surface area contributed by atoms with Crippen LogP contribution in [0.25, 0.3) is 0 Å². The number of rotatable bonds is 1. The molecule has 0 aliphatic carbocycles. The van der Waals surface area contributed by atoms with Gasteiger partial charge in [-0.1, -0.05) is 24.3 Å². The molecule has 0 fully saturated rings. The lowest BCUT2D eigenvalue weighted by atomic mass is 10.1. The van der Waals surface area contributed by atoms with Crippen LogP contribution in [0.3, 0.4) is 0 Å². The first-order valence-electron chi connectivity index (χ1n) is 3.51. The van der Waals surface area contributed by atoms with Crippen molar-refractivity contribution >= 4 is 5.78 Å². The standard InChI is InChI=1S/C10H8O2/c1-8-4-2-3-5-9(8)10(12)6-7-11/h2-5,11H,1H3. The summed E-state index contributed by atoms with van der Waals surface area (Å²) in [5, 5.41) is 8.21. The average Bonchev–Trinajstić information content (AvgIpc) is 2.05. The summed E-state index contributed by atoms with van der Waals surface area (Å²) >= 11 is 0. The van der Waals surface area contributed by atoms with Gasteiger partial charge in [-0.3, -0.25) is 4.79 Å².